The molecule has 26 heavy (non-hydrogen) atoms. The van der Waals surface area contributed by atoms with E-state index in [0.717, 1.165) is 24.2 Å². The summed E-state index contributed by atoms with van der Waals surface area (Å²) in [5.74, 6) is 1.68. The van der Waals surface area contributed by atoms with Crippen molar-refractivity contribution in [1.82, 2.24) is 0 Å². The molecule has 0 aliphatic carbocycles. The highest BCUT2D eigenvalue weighted by Gasteiger charge is 2.28. The Morgan fingerprint density at radius 1 is 1.08 bits per heavy atom. The fraction of sp³-hybridized carbons (Fsp3) is 0.368. The van der Waals surface area contributed by atoms with E-state index in [2.05, 4.69) is 4.72 Å². The first-order chi connectivity index (χ1) is 12.2. The van der Waals surface area contributed by atoms with E-state index >= 15 is 0 Å². The van der Waals surface area contributed by atoms with E-state index in [-0.39, 0.29) is 10.5 Å². The molecule has 0 atom stereocenters. The highest BCUT2D eigenvalue weighted by molar-refractivity contribution is 7.92. The van der Waals surface area contributed by atoms with E-state index in [1.807, 2.05) is 13.8 Å². The van der Waals surface area contributed by atoms with E-state index in [4.69, 9.17) is 14.2 Å². The lowest BCUT2D eigenvalue weighted by molar-refractivity contribution is 0.0845. The van der Waals surface area contributed by atoms with Gasteiger partial charge in [0.05, 0.1) is 24.8 Å². The molecule has 2 aromatic carbocycles. The van der Waals surface area contributed by atoms with E-state index in [1.165, 1.54) is 14.2 Å². The number of anilines is 1. The first kappa shape index (κ1) is 18.4. The minimum atomic E-state index is -3.77. The van der Waals surface area contributed by atoms with E-state index in [1.54, 1.807) is 36.4 Å². The first-order valence-corrected chi connectivity index (χ1v) is 9.79. The van der Waals surface area contributed by atoms with Crippen molar-refractivity contribution in [3.8, 4) is 17.2 Å². The van der Waals surface area contributed by atoms with Gasteiger partial charge in [0.25, 0.3) is 10.0 Å². The standard InChI is InChI=1S/C19H23NO5S/c1-19(2)10-9-13-11-15(6-8-17(13)25-19)26(21,22)20-16-12-14(23-3)5-7-18(16)24-4/h5-8,11-12,20H,9-10H2,1-4H3. The Morgan fingerprint density at radius 2 is 1.85 bits per heavy atom. The number of nitrogens with one attached hydrogen (secondary N) is 1. The zero-order chi connectivity index (χ0) is 18.9. The SMILES string of the molecule is COc1ccc(OC)c(NS(=O)(=O)c2ccc3c(c2)CCC(C)(C)O3)c1. The second kappa shape index (κ2) is 6.72. The number of ether oxygens (including phenoxy) is 3. The minimum Gasteiger partial charge on any atom is -0.497 e. The van der Waals surface area contributed by atoms with Crippen molar-refractivity contribution >= 4 is 15.7 Å². The van der Waals surface area contributed by atoms with Crippen LogP contribution in [0.3, 0.4) is 0 Å². The molecule has 1 heterocycles. The first-order valence-electron chi connectivity index (χ1n) is 8.31. The number of aryl methyl sites for hydroxylation is 1. The van der Waals surface area contributed by atoms with Gasteiger partial charge in [-0.25, -0.2) is 8.42 Å². The van der Waals surface area contributed by atoms with Gasteiger partial charge in [-0.2, -0.15) is 0 Å². The molecule has 140 valence electrons. The number of hydrogen-bond donors (Lipinski definition) is 1. The lowest BCUT2D eigenvalue weighted by Crippen LogP contribution is -2.32. The zero-order valence-electron chi connectivity index (χ0n) is 15.3. The molecule has 6 nitrogen and oxygen atoms in total. The van der Waals surface area contributed by atoms with Crippen LogP contribution >= 0.6 is 0 Å². The van der Waals surface area contributed by atoms with Crippen LogP contribution in [0, 0.1) is 0 Å². The van der Waals surface area contributed by atoms with Crippen LogP contribution in [0.25, 0.3) is 0 Å². The summed E-state index contributed by atoms with van der Waals surface area (Å²) in [4.78, 5) is 0.185. The van der Waals surface area contributed by atoms with Gasteiger partial charge in [0.1, 0.15) is 22.8 Å². The number of benzene rings is 2. The maximum Gasteiger partial charge on any atom is 0.262 e. The molecule has 0 bridgehead atoms. The summed E-state index contributed by atoms with van der Waals surface area (Å²) in [5.41, 5.74) is 0.978. The summed E-state index contributed by atoms with van der Waals surface area (Å²) in [6, 6.07) is 9.87. The predicted molar refractivity (Wildman–Crippen MR) is 99.8 cm³/mol. The van der Waals surface area contributed by atoms with Gasteiger partial charge in [-0.05, 0) is 62.6 Å². The van der Waals surface area contributed by atoms with Gasteiger partial charge in [-0.15, -0.1) is 0 Å². The lowest BCUT2D eigenvalue weighted by atomic mass is 9.94. The van der Waals surface area contributed by atoms with Crippen molar-refractivity contribution in [2.75, 3.05) is 18.9 Å². The average molecular weight is 377 g/mol. The monoisotopic (exact) mass is 377 g/mol. The molecule has 3 rings (SSSR count). The van der Waals surface area contributed by atoms with Gasteiger partial charge in [0.15, 0.2) is 0 Å². The Balaban J connectivity index is 1.92. The van der Waals surface area contributed by atoms with Crippen LogP contribution in [0.1, 0.15) is 25.8 Å². The third-order valence-electron chi connectivity index (χ3n) is 4.38. The molecule has 0 fully saturated rings. The molecule has 7 heteroatoms. The summed E-state index contributed by atoms with van der Waals surface area (Å²) in [7, 11) is -0.772. The summed E-state index contributed by atoms with van der Waals surface area (Å²) >= 11 is 0. The Hall–Kier alpha value is -2.41. The van der Waals surface area contributed by atoms with Gasteiger partial charge >= 0.3 is 0 Å². The van der Waals surface area contributed by atoms with Gasteiger partial charge in [0, 0.05) is 6.07 Å². The number of rotatable bonds is 5. The third kappa shape index (κ3) is 3.72. The van der Waals surface area contributed by atoms with E-state index in [9.17, 15) is 8.42 Å². The fourth-order valence-electron chi connectivity index (χ4n) is 2.90. The van der Waals surface area contributed by atoms with Crippen LogP contribution in [0.4, 0.5) is 5.69 Å². The maximum absolute atomic E-state index is 12.8. The van der Waals surface area contributed by atoms with Gasteiger partial charge in [0.2, 0.25) is 0 Å². The number of sulfonamides is 1. The van der Waals surface area contributed by atoms with Crippen LogP contribution in [-0.2, 0) is 16.4 Å². The van der Waals surface area contributed by atoms with Gasteiger partial charge in [-0.1, -0.05) is 0 Å². The lowest BCUT2D eigenvalue weighted by Gasteiger charge is -2.32. The minimum absolute atomic E-state index is 0.185. The number of methoxy groups -OCH3 is 2. The molecule has 1 aliphatic heterocycles. The molecule has 0 saturated heterocycles. The molecule has 0 unspecified atom stereocenters. The normalized spacial score (nSPS) is 15.5. The predicted octanol–water partition coefficient (Wildman–Crippen LogP) is 3.61. The maximum atomic E-state index is 12.8. The van der Waals surface area contributed by atoms with Gasteiger partial charge < -0.3 is 14.2 Å². The van der Waals surface area contributed by atoms with Crippen LogP contribution < -0.4 is 18.9 Å². The quantitative estimate of drug-likeness (QED) is 0.862. The molecule has 1 aliphatic rings. The molecular formula is C19H23NO5S. The average Bonchev–Trinajstić information content (AvgIpc) is 2.60. The van der Waals surface area contributed by atoms with Crippen molar-refractivity contribution in [2.24, 2.45) is 0 Å². The second-order valence-electron chi connectivity index (χ2n) is 6.80. The summed E-state index contributed by atoms with van der Waals surface area (Å²) in [6.45, 7) is 4.05. The molecule has 0 saturated carbocycles. The summed E-state index contributed by atoms with van der Waals surface area (Å²) in [6.07, 6.45) is 1.61. The summed E-state index contributed by atoms with van der Waals surface area (Å²) < 4.78 is 44.6. The van der Waals surface area contributed by atoms with Crippen LogP contribution in [-0.4, -0.2) is 28.2 Å². The topological polar surface area (TPSA) is 73.9 Å². The highest BCUT2D eigenvalue weighted by Crippen LogP contribution is 2.35. The van der Waals surface area contributed by atoms with Crippen molar-refractivity contribution in [1.29, 1.82) is 0 Å². The second-order valence-corrected chi connectivity index (χ2v) is 8.49. The molecule has 0 radical (unpaired) electrons. The van der Waals surface area contributed by atoms with Crippen LogP contribution in [0.5, 0.6) is 17.2 Å². The van der Waals surface area contributed by atoms with Gasteiger partial charge in [-0.3, -0.25) is 4.72 Å². The largest absolute Gasteiger partial charge is 0.497 e. The van der Waals surface area contributed by atoms with Crippen molar-refractivity contribution in [3.63, 3.8) is 0 Å². The molecule has 2 aromatic rings. The molecule has 0 aromatic heterocycles. The third-order valence-corrected chi connectivity index (χ3v) is 5.74. The van der Waals surface area contributed by atoms with Crippen molar-refractivity contribution in [3.05, 3.63) is 42.0 Å². The van der Waals surface area contributed by atoms with Crippen molar-refractivity contribution < 1.29 is 22.6 Å². The van der Waals surface area contributed by atoms with Crippen LogP contribution in [0.2, 0.25) is 0 Å². The highest BCUT2D eigenvalue weighted by atomic mass is 32.2. The summed E-state index contributed by atoms with van der Waals surface area (Å²) in [5, 5.41) is 0. The zero-order valence-corrected chi connectivity index (χ0v) is 16.1. The van der Waals surface area contributed by atoms with Crippen LogP contribution in [0.15, 0.2) is 41.3 Å². The number of hydrogen-bond acceptors (Lipinski definition) is 5. The molecule has 0 spiro atoms. The molecule has 1 N–H and O–H groups in total. The van der Waals surface area contributed by atoms with Crippen molar-refractivity contribution in [2.45, 2.75) is 37.2 Å². The molecule has 0 amide bonds. The van der Waals surface area contributed by atoms with E-state index < -0.39 is 10.0 Å². The Bertz CT molecular complexity index is 922. The fourth-order valence-corrected chi connectivity index (χ4v) is 4.01. The Labute approximate surface area is 154 Å². The Morgan fingerprint density at radius 3 is 2.54 bits per heavy atom. The molecular weight excluding hydrogens is 354 g/mol. The smallest absolute Gasteiger partial charge is 0.262 e. The Kier molecular flexibility index (Phi) is 4.75. The van der Waals surface area contributed by atoms with E-state index in [0.29, 0.717) is 17.2 Å². The number of fused-ring (bicyclic) bond motifs is 1.